The Balaban J connectivity index is 1.62. The maximum atomic E-state index is 11.4. The Morgan fingerprint density at radius 3 is 1.93 bits per heavy atom. The van der Waals surface area contributed by atoms with Crippen molar-refractivity contribution in [1.82, 2.24) is 4.37 Å². The second-order valence-corrected chi connectivity index (χ2v) is 7.66. The minimum atomic E-state index is -1.10. The summed E-state index contributed by atoms with van der Waals surface area (Å²) in [6, 6.07) is 15.0. The maximum absolute atomic E-state index is 11.4. The number of rotatable bonds is 5. The molecule has 0 atom stereocenters. The number of hydrogen-bond donors (Lipinski definition) is 2. The summed E-state index contributed by atoms with van der Waals surface area (Å²) in [5, 5.41) is 18.7. The van der Waals surface area contributed by atoms with E-state index >= 15 is 0 Å². The molecular weight excluding hydrogens is 386 g/mol. The van der Waals surface area contributed by atoms with Gasteiger partial charge < -0.3 is 10.2 Å². The fourth-order valence-electron chi connectivity index (χ4n) is 3.20. The van der Waals surface area contributed by atoms with Crippen molar-refractivity contribution in [2.75, 3.05) is 0 Å². The number of aromatic carboxylic acids is 1. The Morgan fingerprint density at radius 2 is 1.44 bits per heavy atom. The van der Waals surface area contributed by atoms with E-state index in [-0.39, 0.29) is 10.7 Å². The fourth-order valence-corrected chi connectivity index (χ4v) is 4.31. The lowest BCUT2D eigenvalue weighted by atomic mass is 9.93. The van der Waals surface area contributed by atoms with Crippen molar-refractivity contribution in [3.8, 4) is 21.6 Å². The number of aromatic nitrogens is 1. The van der Waals surface area contributed by atoms with Crippen LogP contribution in [0.3, 0.4) is 0 Å². The van der Waals surface area contributed by atoms with Crippen LogP contribution < -0.4 is 0 Å². The predicted octanol–water partition coefficient (Wildman–Crippen LogP) is 4.94. The summed E-state index contributed by atoms with van der Waals surface area (Å²) in [5.74, 6) is -1.87. The van der Waals surface area contributed by atoms with Crippen molar-refractivity contribution in [2.24, 2.45) is 0 Å². The first-order valence-electron chi connectivity index (χ1n) is 8.25. The summed E-state index contributed by atoms with van der Waals surface area (Å²) in [5.41, 5.74) is 2.80. The van der Waals surface area contributed by atoms with Gasteiger partial charge in [-0.1, -0.05) is 60.1 Å². The molecule has 3 aromatic rings. The van der Waals surface area contributed by atoms with Gasteiger partial charge in [-0.3, -0.25) is 4.79 Å². The number of carboxylic acids is 2. The van der Waals surface area contributed by atoms with Crippen LogP contribution in [0, 0.1) is 0 Å². The quantitative estimate of drug-likeness (QED) is 0.634. The van der Waals surface area contributed by atoms with Crippen LogP contribution in [-0.4, -0.2) is 26.5 Å². The van der Waals surface area contributed by atoms with Crippen molar-refractivity contribution >= 4 is 35.1 Å². The summed E-state index contributed by atoms with van der Waals surface area (Å²) in [7, 11) is 0. The summed E-state index contributed by atoms with van der Waals surface area (Å²) >= 11 is 6.93. The zero-order valence-corrected chi connectivity index (χ0v) is 15.5. The van der Waals surface area contributed by atoms with Crippen molar-refractivity contribution in [2.45, 2.75) is 18.3 Å². The molecule has 1 aromatic heterocycles. The lowest BCUT2D eigenvalue weighted by Gasteiger charge is -2.11. The summed E-state index contributed by atoms with van der Waals surface area (Å²) in [4.78, 5) is 23.3. The monoisotopic (exact) mass is 399 g/mol. The average Bonchev–Trinajstić information content (AvgIpc) is 3.39. The molecule has 1 heterocycles. The Hall–Kier alpha value is -2.70. The van der Waals surface area contributed by atoms with E-state index in [9.17, 15) is 19.8 Å². The number of halogens is 1. The van der Waals surface area contributed by atoms with Gasteiger partial charge in [-0.05, 0) is 46.6 Å². The molecule has 1 aliphatic carbocycles. The largest absolute Gasteiger partial charge is 0.481 e. The molecule has 0 aliphatic heterocycles. The Morgan fingerprint density at radius 1 is 0.926 bits per heavy atom. The van der Waals surface area contributed by atoms with Crippen LogP contribution in [0.5, 0.6) is 0 Å². The maximum Gasteiger partial charge on any atom is 0.340 e. The molecule has 0 bridgehead atoms. The van der Waals surface area contributed by atoms with E-state index < -0.39 is 17.4 Å². The van der Waals surface area contributed by atoms with E-state index in [2.05, 4.69) is 4.37 Å². The lowest BCUT2D eigenvalue weighted by molar-refractivity contribution is -0.140. The molecule has 136 valence electrons. The zero-order valence-electron chi connectivity index (χ0n) is 14.0. The number of carbonyl (C=O) groups is 2. The molecule has 0 saturated heterocycles. The number of hydrogen-bond acceptors (Lipinski definition) is 4. The van der Waals surface area contributed by atoms with Gasteiger partial charge in [0.1, 0.15) is 5.56 Å². The highest BCUT2D eigenvalue weighted by atomic mass is 35.5. The molecule has 0 unspecified atom stereocenters. The van der Waals surface area contributed by atoms with Crippen molar-refractivity contribution in [1.29, 1.82) is 0 Å². The Kier molecular flexibility index (Phi) is 4.25. The molecule has 4 rings (SSSR count). The molecule has 0 spiro atoms. The van der Waals surface area contributed by atoms with Crippen LogP contribution in [0.2, 0.25) is 5.15 Å². The van der Waals surface area contributed by atoms with Gasteiger partial charge in [0, 0.05) is 0 Å². The highest BCUT2D eigenvalue weighted by Gasteiger charge is 2.51. The first-order chi connectivity index (χ1) is 12.9. The molecule has 0 radical (unpaired) electrons. The fraction of sp³-hybridized carbons (Fsp3) is 0.150. The molecule has 27 heavy (non-hydrogen) atoms. The van der Waals surface area contributed by atoms with Gasteiger partial charge in [0.25, 0.3) is 0 Å². The number of benzene rings is 2. The SMILES string of the molecule is O=C(O)c1c(Cl)nsc1-c1ccc(-c2ccc(C3(C(=O)O)CC3)cc2)cc1. The third-order valence-corrected chi connectivity index (χ3v) is 6.21. The van der Waals surface area contributed by atoms with E-state index in [1.807, 2.05) is 48.5 Å². The Bertz CT molecular complexity index is 1040. The normalized spacial score (nSPS) is 14.7. The topological polar surface area (TPSA) is 87.5 Å². The third kappa shape index (κ3) is 3.01. The Labute approximate surface area is 164 Å². The van der Waals surface area contributed by atoms with Crippen LogP contribution in [0.4, 0.5) is 0 Å². The minimum Gasteiger partial charge on any atom is -0.481 e. The van der Waals surface area contributed by atoms with E-state index in [1.165, 1.54) is 0 Å². The van der Waals surface area contributed by atoms with Crippen LogP contribution in [0.1, 0.15) is 28.8 Å². The van der Waals surface area contributed by atoms with Crippen LogP contribution >= 0.6 is 23.1 Å². The van der Waals surface area contributed by atoms with Crippen molar-refractivity contribution in [3.63, 3.8) is 0 Å². The summed E-state index contributed by atoms with van der Waals surface area (Å²) < 4.78 is 3.93. The van der Waals surface area contributed by atoms with Gasteiger partial charge >= 0.3 is 11.9 Å². The second-order valence-electron chi connectivity index (χ2n) is 6.52. The van der Waals surface area contributed by atoms with Crippen LogP contribution in [-0.2, 0) is 10.2 Å². The zero-order chi connectivity index (χ0) is 19.2. The van der Waals surface area contributed by atoms with Gasteiger partial charge in [-0.25, -0.2) is 4.79 Å². The molecule has 0 amide bonds. The lowest BCUT2D eigenvalue weighted by Crippen LogP contribution is -2.19. The first kappa shape index (κ1) is 17.7. The second kappa shape index (κ2) is 6.48. The summed E-state index contributed by atoms with van der Waals surface area (Å²) in [6.45, 7) is 0. The van der Waals surface area contributed by atoms with Gasteiger partial charge in [-0.2, -0.15) is 4.37 Å². The molecule has 1 aliphatic rings. The predicted molar refractivity (Wildman–Crippen MR) is 104 cm³/mol. The van der Waals surface area contributed by atoms with Crippen molar-refractivity contribution < 1.29 is 19.8 Å². The smallest absolute Gasteiger partial charge is 0.340 e. The van der Waals surface area contributed by atoms with E-state index in [0.717, 1.165) is 33.8 Å². The van der Waals surface area contributed by atoms with Gasteiger partial charge in [0.05, 0.1) is 10.3 Å². The van der Waals surface area contributed by atoms with E-state index in [0.29, 0.717) is 17.7 Å². The van der Waals surface area contributed by atoms with Gasteiger partial charge in [-0.15, -0.1) is 0 Å². The van der Waals surface area contributed by atoms with Crippen molar-refractivity contribution in [3.05, 3.63) is 64.8 Å². The first-order valence-corrected chi connectivity index (χ1v) is 9.41. The summed E-state index contributed by atoms with van der Waals surface area (Å²) in [6.07, 6.45) is 1.36. The van der Waals surface area contributed by atoms with E-state index in [1.54, 1.807) is 0 Å². The number of nitrogens with zero attached hydrogens (tertiary/aromatic N) is 1. The number of carboxylic acid groups (broad SMARTS) is 2. The average molecular weight is 400 g/mol. The standard InChI is InChI=1S/C20H14ClNO4S/c21-17-15(18(23)24)16(27-22-17)13-3-1-11(2-4-13)12-5-7-14(8-6-12)20(9-10-20)19(25)26/h1-8H,9-10H2,(H,23,24)(H,25,26). The molecule has 7 heteroatoms. The molecule has 5 nitrogen and oxygen atoms in total. The molecule has 1 fully saturated rings. The highest BCUT2D eigenvalue weighted by molar-refractivity contribution is 7.10. The number of aliphatic carboxylic acids is 1. The third-order valence-electron chi connectivity index (χ3n) is 4.94. The molecule has 1 saturated carbocycles. The minimum absolute atomic E-state index is 0.00500. The highest BCUT2D eigenvalue weighted by Crippen LogP contribution is 2.48. The van der Waals surface area contributed by atoms with Gasteiger partial charge in [0.15, 0.2) is 5.15 Å². The van der Waals surface area contributed by atoms with Crippen LogP contribution in [0.15, 0.2) is 48.5 Å². The molecule has 2 aromatic carbocycles. The molecule has 2 N–H and O–H groups in total. The molecular formula is C20H14ClNO4S. The van der Waals surface area contributed by atoms with Crippen LogP contribution in [0.25, 0.3) is 21.6 Å². The van der Waals surface area contributed by atoms with Gasteiger partial charge in [0.2, 0.25) is 0 Å². The van der Waals surface area contributed by atoms with E-state index in [4.69, 9.17) is 11.6 Å².